The number of alkyl carbamates (subject to hydrolysis) is 1. The molecule has 23 heavy (non-hydrogen) atoms. The lowest BCUT2D eigenvalue weighted by atomic mass is 9.56. The van der Waals surface area contributed by atoms with Gasteiger partial charge in [-0.1, -0.05) is 13.8 Å². The maximum atomic E-state index is 12.3. The summed E-state index contributed by atoms with van der Waals surface area (Å²) >= 11 is -1.09. The summed E-state index contributed by atoms with van der Waals surface area (Å²) in [5.41, 5.74) is -0.554. The van der Waals surface area contributed by atoms with Gasteiger partial charge < -0.3 is 14.6 Å². The zero-order valence-corrected chi connectivity index (χ0v) is 16.9. The normalized spacial score (nSPS) is 26.9. The van der Waals surface area contributed by atoms with Crippen molar-refractivity contribution in [2.75, 3.05) is 0 Å². The molecule has 1 fully saturated rings. The molecule has 1 aliphatic carbocycles. The van der Waals surface area contributed by atoms with Crippen LogP contribution in [-0.4, -0.2) is 33.1 Å². The Bertz CT molecular complexity index is 427. The van der Waals surface area contributed by atoms with Crippen molar-refractivity contribution in [3.05, 3.63) is 0 Å². The Morgan fingerprint density at radius 3 is 2.17 bits per heavy atom. The minimum atomic E-state index is -1.09. The van der Waals surface area contributed by atoms with Crippen molar-refractivity contribution in [3.63, 3.8) is 0 Å². The zero-order valence-electron chi connectivity index (χ0n) is 16.1. The van der Waals surface area contributed by atoms with E-state index in [0.717, 1.165) is 6.42 Å². The van der Waals surface area contributed by atoms with Crippen molar-refractivity contribution in [2.24, 2.45) is 11.3 Å². The van der Waals surface area contributed by atoms with Crippen LogP contribution in [-0.2, 0) is 16.1 Å². The van der Waals surface area contributed by atoms with E-state index in [4.69, 9.17) is 4.74 Å². The van der Waals surface area contributed by atoms with Crippen LogP contribution in [0.25, 0.3) is 0 Å². The molecule has 0 aliphatic heterocycles. The molecule has 0 aromatic rings. The molecule has 6 heteroatoms. The van der Waals surface area contributed by atoms with Gasteiger partial charge in [0.05, 0.1) is 6.04 Å². The third-order valence-corrected chi connectivity index (χ3v) is 6.19. The SMILES string of the molecule is C[C@H](N[S+]([O-])C(C)(C)C)[C@H]1C[C@@H](NC(=O)OC(C)(C)C)C1(C)C. The number of carbonyl (C=O) groups is 1. The first-order valence-corrected chi connectivity index (χ1v) is 9.47. The Labute approximate surface area is 144 Å². The van der Waals surface area contributed by atoms with E-state index in [1.807, 2.05) is 41.5 Å². The fraction of sp³-hybridized carbons (Fsp3) is 0.941. The predicted molar refractivity (Wildman–Crippen MR) is 95.5 cm³/mol. The molecular weight excluding hydrogens is 312 g/mol. The summed E-state index contributed by atoms with van der Waals surface area (Å²) in [5, 5.41) is 2.97. The fourth-order valence-electron chi connectivity index (χ4n) is 2.93. The summed E-state index contributed by atoms with van der Waals surface area (Å²) in [4.78, 5) is 11.9. The quantitative estimate of drug-likeness (QED) is 0.766. The smallest absolute Gasteiger partial charge is 0.407 e. The van der Waals surface area contributed by atoms with Gasteiger partial charge in [0.1, 0.15) is 10.3 Å². The third kappa shape index (κ3) is 5.54. The second-order valence-corrected chi connectivity index (χ2v) is 11.1. The molecule has 5 nitrogen and oxygen atoms in total. The molecule has 1 unspecified atom stereocenters. The lowest BCUT2D eigenvalue weighted by Crippen LogP contribution is -2.64. The maximum absolute atomic E-state index is 12.3. The number of hydrogen-bond acceptors (Lipinski definition) is 4. The Balaban J connectivity index is 2.56. The Hall–Kier alpha value is -0.460. The molecule has 1 aliphatic rings. The van der Waals surface area contributed by atoms with Crippen LogP contribution in [0.4, 0.5) is 4.79 Å². The summed E-state index contributed by atoms with van der Waals surface area (Å²) in [6.07, 6.45) is 0.495. The summed E-state index contributed by atoms with van der Waals surface area (Å²) in [6, 6.07) is 0.205. The van der Waals surface area contributed by atoms with Crippen molar-refractivity contribution in [2.45, 2.75) is 91.2 Å². The second-order valence-electron chi connectivity index (χ2n) is 9.15. The molecule has 2 N–H and O–H groups in total. The van der Waals surface area contributed by atoms with E-state index in [2.05, 4.69) is 30.8 Å². The molecule has 1 amide bonds. The van der Waals surface area contributed by atoms with Crippen LogP contribution < -0.4 is 10.0 Å². The number of carbonyl (C=O) groups excluding carboxylic acids is 1. The Morgan fingerprint density at radius 1 is 1.26 bits per heavy atom. The van der Waals surface area contributed by atoms with Crippen molar-refractivity contribution < 1.29 is 14.1 Å². The highest BCUT2D eigenvalue weighted by Gasteiger charge is 2.52. The van der Waals surface area contributed by atoms with Crippen LogP contribution in [0.5, 0.6) is 0 Å². The first-order chi connectivity index (χ1) is 10.1. The predicted octanol–water partition coefficient (Wildman–Crippen LogP) is 3.37. The number of ether oxygens (including phenoxy) is 1. The first-order valence-electron chi connectivity index (χ1n) is 8.32. The van der Waals surface area contributed by atoms with Gasteiger partial charge in [-0.05, 0) is 66.2 Å². The molecule has 0 heterocycles. The van der Waals surface area contributed by atoms with E-state index in [-0.39, 0.29) is 28.3 Å². The molecule has 0 radical (unpaired) electrons. The highest BCUT2D eigenvalue weighted by atomic mass is 32.2. The van der Waals surface area contributed by atoms with Gasteiger partial charge in [0.25, 0.3) is 0 Å². The van der Waals surface area contributed by atoms with Crippen molar-refractivity contribution in [1.29, 1.82) is 0 Å². The topological polar surface area (TPSA) is 73.4 Å². The van der Waals surface area contributed by atoms with Crippen LogP contribution in [0.15, 0.2) is 0 Å². The van der Waals surface area contributed by atoms with Gasteiger partial charge in [-0.15, -0.1) is 4.72 Å². The molecule has 0 bridgehead atoms. The minimum absolute atomic E-state index is 0.0641. The van der Waals surface area contributed by atoms with Gasteiger partial charge in [0.15, 0.2) is 0 Å². The standard InChI is InChI=1S/C17H34N2O3S/c1-11(19-23(21)16(5,6)7)12-10-13(17(12,8)9)18-14(20)22-15(2,3)4/h11-13,19H,10H2,1-9H3,(H,18,20)/t11-,12+,13+,23?/m0/s1. The van der Waals surface area contributed by atoms with E-state index in [9.17, 15) is 9.35 Å². The average molecular weight is 347 g/mol. The van der Waals surface area contributed by atoms with Crippen LogP contribution in [0.2, 0.25) is 0 Å². The molecule has 0 saturated heterocycles. The van der Waals surface area contributed by atoms with E-state index >= 15 is 0 Å². The summed E-state index contributed by atoms with van der Waals surface area (Å²) in [7, 11) is 0. The van der Waals surface area contributed by atoms with E-state index in [0.29, 0.717) is 5.92 Å². The van der Waals surface area contributed by atoms with Crippen LogP contribution in [0.1, 0.15) is 68.7 Å². The number of nitrogens with one attached hydrogen (secondary N) is 2. The summed E-state index contributed by atoms with van der Waals surface area (Å²) in [5.74, 6) is 0.355. The average Bonchev–Trinajstić information content (AvgIpc) is 2.30. The molecular formula is C17H34N2O3S. The first kappa shape index (κ1) is 20.6. The lowest BCUT2D eigenvalue weighted by Gasteiger charge is -2.54. The van der Waals surface area contributed by atoms with E-state index < -0.39 is 17.0 Å². The summed E-state index contributed by atoms with van der Waals surface area (Å²) < 4.78 is 20.5. The van der Waals surface area contributed by atoms with Crippen LogP contribution in [0, 0.1) is 11.3 Å². The highest BCUT2D eigenvalue weighted by Crippen LogP contribution is 2.48. The Morgan fingerprint density at radius 2 is 1.78 bits per heavy atom. The molecule has 136 valence electrons. The van der Waals surface area contributed by atoms with Crippen molar-refractivity contribution in [1.82, 2.24) is 10.0 Å². The van der Waals surface area contributed by atoms with Crippen LogP contribution in [0.3, 0.4) is 0 Å². The van der Waals surface area contributed by atoms with Crippen LogP contribution >= 0.6 is 0 Å². The fourth-order valence-corrected chi connectivity index (χ4v) is 3.79. The lowest BCUT2D eigenvalue weighted by molar-refractivity contribution is -0.0142. The maximum Gasteiger partial charge on any atom is 0.407 e. The van der Waals surface area contributed by atoms with Gasteiger partial charge in [-0.25, -0.2) is 4.79 Å². The number of rotatable bonds is 4. The number of hydrogen-bond donors (Lipinski definition) is 2. The summed E-state index contributed by atoms with van der Waals surface area (Å²) in [6.45, 7) is 17.8. The van der Waals surface area contributed by atoms with Gasteiger partial charge in [-0.3, -0.25) is 0 Å². The molecule has 0 aromatic carbocycles. The van der Waals surface area contributed by atoms with Crippen molar-refractivity contribution >= 4 is 17.5 Å². The van der Waals surface area contributed by atoms with E-state index in [1.165, 1.54) is 0 Å². The monoisotopic (exact) mass is 346 g/mol. The highest BCUT2D eigenvalue weighted by molar-refractivity contribution is 7.90. The second kappa shape index (κ2) is 6.81. The van der Waals surface area contributed by atoms with Gasteiger partial charge in [0.2, 0.25) is 0 Å². The third-order valence-electron chi connectivity index (χ3n) is 4.49. The van der Waals surface area contributed by atoms with Crippen molar-refractivity contribution in [3.8, 4) is 0 Å². The number of amides is 1. The largest absolute Gasteiger partial charge is 0.598 e. The minimum Gasteiger partial charge on any atom is -0.598 e. The van der Waals surface area contributed by atoms with Gasteiger partial charge in [-0.2, -0.15) is 0 Å². The molecule has 0 spiro atoms. The molecule has 4 atom stereocenters. The molecule has 0 aromatic heterocycles. The Kier molecular flexibility index (Phi) is 6.09. The molecule has 1 rings (SSSR count). The van der Waals surface area contributed by atoms with Gasteiger partial charge in [0, 0.05) is 17.4 Å². The van der Waals surface area contributed by atoms with Gasteiger partial charge >= 0.3 is 6.09 Å². The molecule has 1 saturated carbocycles. The van der Waals surface area contributed by atoms with E-state index in [1.54, 1.807) is 0 Å². The zero-order chi connectivity index (χ0) is 18.2.